The largest absolute Gasteiger partial charge is 0.481 e. The lowest BCUT2D eigenvalue weighted by Crippen LogP contribution is -2.42. The number of carbonyl (C=O) groups is 2. The fourth-order valence-corrected chi connectivity index (χ4v) is 4.20. The fraction of sp³-hybridized carbons (Fsp3) is 0.619. The van der Waals surface area contributed by atoms with Crippen LogP contribution in [-0.2, 0) is 9.59 Å². The van der Waals surface area contributed by atoms with Crippen LogP contribution in [0.15, 0.2) is 18.2 Å². The third kappa shape index (κ3) is 5.44. The molecule has 0 aromatic heterocycles. The first-order valence-corrected chi connectivity index (χ1v) is 10.2. The molecule has 1 aliphatic carbocycles. The second kappa shape index (κ2) is 9.37. The van der Waals surface area contributed by atoms with Crippen molar-refractivity contribution in [2.75, 3.05) is 23.7 Å². The Hall–Kier alpha value is -2.15. The monoisotopic (exact) mass is 391 g/mol. The Morgan fingerprint density at radius 2 is 1.93 bits per heavy atom. The molecule has 2 aliphatic rings. The molecule has 0 spiro atoms. The van der Waals surface area contributed by atoms with Crippen molar-refractivity contribution < 1.29 is 19.1 Å². The summed E-state index contributed by atoms with van der Waals surface area (Å²) in [6.07, 6.45) is 6.02. The van der Waals surface area contributed by atoms with E-state index in [1.54, 1.807) is 12.1 Å². The second-order valence-electron chi connectivity index (χ2n) is 8.09. The highest BCUT2D eigenvalue weighted by molar-refractivity contribution is 5.92. The molecular weight excluding hydrogens is 361 g/mol. The highest BCUT2D eigenvalue weighted by atomic mass is 19.1. The summed E-state index contributed by atoms with van der Waals surface area (Å²) in [5.41, 5.74) is 0.917. The average molecular weight is 391 g/mol. The van der Waals surface area contributed by atoms with Gasteiger partial charge < -0.3 is 15.7 Å². The summed E-state index contributed by atoms with van der Waals surface area (Å²) in [6.45, 7) is 3.43. The number of aliphatic carboxylic acids is 1. The summed E-state index contributed by atoms with van der Waals surface area (Å²) in [5, 5.41) is 15.1. The molecule has 2 fully saturated rings. The van der Waals surface area contributed by atoms with Crippen LogP contribution in [0.1, 0.15) is 51.9 Å². The number of carboxylic acid groups (broad SMARTS) is 1. The van der Waals surface area contributed by atoms with E-state index >= 15 is 0 Å². The van der Waals surface area contributed by atoms with Gasteiger partial charge in [-0.15, -0.1) is 0 Å². The van der Waals surface area contributed by atoms with Crippen molar-refractivity contribution in [1.82, 2.24) is 4.90 Å². The number of nitrogens with one attached hydrogen (secondary N) is 2. The number of likely N-dealkylation sites (tertiary alicyclic amines) is 1. The van der Waals surface area contributed by atoms with Gasteiger partial charge in [-0.1, -0.05) is 6.42 Å². The average Bonchev–Trinajstić information content (AvgIpc) is 2.67. The number of piperidine rings is 1. The van der Waals surface area contributed by atoms with Gasteiger partial charge in [0.2, 0.25) is 5.91 Å². The molecule has 0 radical (unpaired) electrons. The Morgan fingerprint density at radius 3 is 2.61 bits per heavy atom. The topological polar surface area (TPSA) is 81.7 Å². The molecule has 7 heteroatoms. The van der Waals surface area contributed by atoms with Crippen molar-refractivity contribution in [2.24, 2.45) is 5.92 Å². The highest BCUT2D eigenvalue weighted by Gasteiger charge is 2.26. The standard InChI is InChI=1S/C21H30FN3O3/c1-14-4-2-3-11-25(14)13-20(26)24-17-9-10-18(22)19(12-17)23-16-7-5-15(6-8-16)21(27)28/h9-10,12,14-16,23H,2-8,11,13H2,1H3,(H,24,26)(H,27,28). The lowest BCUT2D eigenvalue weighted by molar-refractivity contribution is -0.142. The van der Waals surface area contributed by atoms with Crippen LogP contribution >= 0.6 is 0 Å². The Balaban J connectivity index is 1.55. The van der Waals surface area contributed by atoms with Gasteiger partial charge in [-0.3, -0.25) is 14.5 Å². The summed E-state index contributed by atoms with van der Waals surface area (Å²) < 4.78 is 14.2. The molecule has 1 aromatic rings. The lowest BCUT2D eigenvalue weighted by Gasteiger charge is -2.32. The van der Waals surface area contributed by atoms with Crippen molar-refractivity contribution in [3.63, 3.8) is 0 Å². The number of hydrogen-bond donors (Lipinski definition) is 3. The van der Waals surface area contributed by atoms with E-state index in [1.807, 2.05) is 0 Å². The van der Waals surface area contributed by atoms with Gasteiger partial charge in [-0.2, -0.15) is 0 Å². The predicted octanol–water partition coefficient (Wildman–Crippen LogP) is 3.69. The zero-order chi connectivity index (χ0) is 20.1. The Labute approximate surface area is 165 Å². The Morgan fingerprint density at radius 1 is 1.18 bits per heavy atom. The molecule has 1 aromatic carbocycles. The maximum atomic E-state index is 14.2. The predicted molar refractivity (Wildman–Crippen MR) is 107 cm³/mol. The van der Waals surface area contributed by atoms with Crippen molar-refractivity contribution in [3.05, 3.63) is 24.0 Å². The molecule has 3 rings (SSSR count). The first-order valence-electron chi connectivity index (χ1n) is 10.2. The number of amides is 1. The maximum absolute atomic E-state index is 14.2. The SMILES string of the molecule is CC1CCCCN1CC(=O)Nc1ccc(F)c(NC2CCC(C(=O)O)CC2)c1. The van der Waals surface area contributed by atoms with Gasteiger partial charge in [-0.25, -0.2) is 4.39 Å². The number of nitrogens with zero attached hydrogens (tertiary/aromatic N) is 1. The quantitative estimate of drug-likeness (QED) is 0.689. The molecule has 1 unspecified atom stereocenters. The summed E-state index contributed by atoms with van der Waals surface area (Å²) >= 11 is 0. The van der Waals surface area contributed by atoms with Gasteiger partial charge in [0.05, 0.1) is 18.2 Å². The number of carbonyl (C=O) groups excluding carboxylic acids is 1. The summed E-state index contributed by atoms with van der Waals surface area (Å²) in [7, 11) is 0. The molecule has 6 nitrogen and oxygen atoms in total. The van der Waals surface area contributed by atoms with Crippen LogP contribution in [0, 0.1) is 11.7 Å². The van der Waals surface area contributed by atoms with Crippen LogP contribution in [0.2, 0.25) is 0 Å². The number of anilines is 2. The number of rotatable bonds is 6. The third-order valence-corrected chi connectivity index (χ3v) is 5.97. The van der Waals surface area contributed by atoms with Gasteiger partial charge in [0.1, 0.15) is 5.82 Å². The molecule has 1 saturated carbocycles. The van der Waals surface area contributed by atoms with Gasteiger partial charge in [0, 0.05) is 17.8 Å². The normalized spacial score (nSPS) is 25.9. The van der Waals surface area contributed by atoms with Crippen LogP contribution in [0.4, 0.5) is 15.8 Å². The van der Waals surface area contributed by atoms with E-state index < -0.39 is 5.97 Å². The van der Waals surface area contributed by atoms with E-state index in [2.05, 4.69) is 22.5 Å². The molecule has 1 saturated heterocycles. The molecular formula is C21H30FN3O3. The number of carboxylic acids is 1. The third-order valence-electron chi connectivity index (χ3n) is 5.97. The Bertz CT molecular complexity index is 704. The fourth-order valence-electron chi connectivity index (χ4n) is 4.20. The first-order chi connectivity index (χ1) is 13.4. The first kappa shape index (κ1) is 20.6. The van der Waals surface area contributed by atoms with Crippen molar-refractivity contribution in [1.29, 1.82) is 0 Å². The number of halogens is 1. The highest BCUT2D eigenvalue weighted by Crippen LogP contribution is 2.28. The summed E-state index contributed by atoms with van der Waals surface area (Å²) in [6, 6.07) is 5.00. The summed E-state index contributed by atoms with van der Waals surface area (Å²) in [5.74, 6) is -1.51. The van der Waals surface area contributed by atoms with E-state index in [-0.39, 0.29) is 23.7 Å². The van der Waals surface area contributed by atoms with Gasteiger partial charge in [0.25, 0.3) is 0 Å². The van der Waals surface area contributed by atoms with Gasteiger partial charge >= 0.3 is 5.97 Å². The van der Waals surface area contributed by atoms with Gasteiger partial charge in [-0.05, 0) is 70.2 Å². The molecule has 0 bridgehead atoms. The van der Waals surface area contributed by atoms with Gasteiger partial charge in [0.15, 0.2) is 0 Å². The minimum Gasteiger partial charge on any atom is -0.481 e. The van der Waals surface area contributed by atoms with Crippen LogP contribution in [0.3, 0.4) is 0 Å². The van der Waals surface area contributed by atoms with Crippen molar-refractivity contribution in [2.45, 2.75) is 64.0 Å². The van der Waals surface area contributed by atoms with Crippen molar-refractivity contribution in [3.8, 4) is 0 Å². The van der Waals surface area contributed by atoms with E-state index in [1.165, 1.54) is 12.5 Å². The minimum absolute atomic E-state index is 0.0465. The number of benzene rings is 1. The molecule has 28 heavy (non-hydrogen) atoms. The Kier molecular flexibility index (Phi) is 6.88. The second-order valence-corrected chi connectivity index (χ2v) is 8.09. The zero-order valence-corrected chi connectivity index (χ0v) is 16.4. The molecule has 3 N–H and O–H groups in total. The molecule has 1 amide bonds. The van der Waals surface area contributed by atoms with E-state index in [0.29, 0.717) is 49.6 Å². The smallest absolute Gasteiger partial charge is 0.306 e. The molecule has 1 atom stereocenters. The van der Waals surface area contributed by atoms with E-state index in [0.717, 1.165) is 19.4 Å². The molecule has 1 aliphatic heterocycles. The van der Waals surface area contributed by atoms with Crippen molar-refractivity contribution >= 4 is 23.3 Å². The number of hydrogen-bond acceptors (Lipinski definition) is 4. The lowest BCUT2D eigenvalue weighted by atomic mass is 9.86. The van der Waals surface area contributed by atoms with E-state index in [4.69, 9.17) is 5.11 Å². The maximum Gasteiger partial charge on any atom is 0.306 e. The molecule has 154 valence electrons. The molecule has 1 heterocycles. The van der Waals surface area contributed by atoms with E-state index in [9.17, 15) is 14.0 Å². The van der Waals surface area contributed by atoms with Crippen LogP contribution in [-0.4, -0.2) is 47.1 Å². The van der Waals surface area contributed by atoms with Crippen LogP contribution in [0.25, 0.3) is 0 Å². The van der Waals surface area contributed by atoms with Crippen LogP contribution in [0.5, 0.6) is 0 Å². The summed E-state index contributed by atoms with van der Waals surface area (Å²) in [4.78, 5) is 25.6. The minimum atomic E-state index is -0.752. The van der Waals surface area contributed by atoms with Crippen LogP contribution < -0.4 is 10.6 Å². The zero-order valence-electron chi connectivity index (χ0n) is 16.4.